The van der Waals surface area contributed by atoms with E-state index in [1.165, 1.54) is 5.56 Å². The molecule has 0 aliphatic carbocycles. The number of amides is 1. The first-order valence-corrected chi connectivity index (χ1v) is 12.4. The van der Waals surface area contributed by atoms with Gasteiger partial charge in [-0.25, -0.2) is 0 Å². The summed E-state index contributed by atoms with van der Waals surface area (Å²) in [5, 5.41) is 2.17. The molecule has 1 unspecified atom stereocenters. The van der Waals surface area contributed by atoms with Gasteiger partial charge in [0.1, 0.15) is 12.4 Å². The predicted octanol–water partition coefficient (Wildman–Crippen LogP) is 6.24. The van der Waals surface area contributed by atoms with Crippen LogP contribution in [-0.4, -0.2) is 38.2 Å². The number of carbonyl (C=O) groups is 1. The van der Waals surface area contributed by atoms with Crippen LogP contribution in [0.5, 0.6) is 17.2 Å². The molecule has 4 aromatic rings. The van der Waals surface area contributed by atoms with Crippen LogP contribution in [0.1, 0.15) is 40.0 Å². The van der Waals surface area contributed by atoms with E-state index in [1.807, 2.05) is 65.6 Å². The highest BCUT2D eigenvalue weighted by molar-refractivity contribution is 5.99. The zero-order valence-electron chi connectivity index (χ0n) is 21.0. The monoisotopic (exact) mass is 481 g/mol. The Morgan fingerprint density at radius 2 is 1.61 bits per heavy atom. The quantitative estimate of drug-likeness (QED) is 0.314. The van der Waals surface area contributed by atoms with Crippen LogP contribution in [0.25, 0.3) is 10.8 Å². The molecule has 1 amide bonds. The zero-order valence-corrected chi connectivity index (χ0v) is 21.0. The summed E-state index contributed by atoms with van der Waals surface area (Å²) >= 11 is 0. The highest BCUT2D eigenvalue weighted by Crippen LogP contribution is 2.39. The minimum Gasteiger partial charge on any atom is -0.493 e. The van der Waals surface area contributed by atoms with Crippen LogP contribution in [-0.2, 0) is 12.8 Å². The lowest BCUT2D eigenvalue weighted by molar-refractivity contribution is 0.0589. The Hall–Kier alpha value is -3.99. The minimum atomic E-state index is -0.265. The predicted molar refractivity (Wildman–Crippen MR) is 142 cm³/mol. The maximum Gasteiger partial charge on any atom is 0.254 e. The molecule has 0 fully saturated rings. The first-order valence-electron chi connectivity index (χ1n) is 12.4. The molecule has 0 N–H and O–H groups in total. The minimum absolute atomic E-state index is 0.00359. The molecule has 1 atom stereocenters. The summed E-state index contributed by atoms with van der Waals surface area (Å²) in [5.41, 5.74) is 4.11. The van der Waals surface area contributed by atoms with Crippen molar-refractivity contribution < 1.29 is 19.0 Å². The lowest BCUT2D eigenvalue weighted by Gasteiger charge is -2.37. The van der Waals surface area contributed by atoms with Crippen molar-refractivity contribution in [2.45, 2.75) is 25.8 Å². The highest BCUT2D eigenvalue weighted by Gasteiger charge is 2.33. The first-order chi connectivity index (χ1) is 17.6. The Balaban J connectivity index is 1.50. The lowest BCUT2D eigenvalue weighted by atomic mass is 9.91. The van der Waals surface area contributed by atoms with Crippen molar-refractivity contribution in [2.75, 3.05) is 27.4 Å². The van der Waals surface area contributed by atoms with Gasteiger partial charge in [-0.3, -0.25) is 4.79 Å². The van der Waals surface area contributed by atoms with Crippen molar-refractivity contribution in [3.8, 4) is 17.2 Å². The van der Waals surface area contributed by atoms with Gasteiger partial charge in [-0.2, -0.15) is 0 Å². The number of rotatable bonds is 7. The molecular formula is C31H31NO4. The lowest BCUT2D eigenvalue weighted by Crippen LogP contribution is -2.42. The number of fused-ring (bicyclic) bond motifs is 2. The van der Waals surface area contributed by atoms with Crippen molar-refractivity contribution >= 4 is 16.7 Å². The van der Waals surface area contributed by atoms with Gasteiger partial charge in [0.25, 0.3) is 5.91 Å². The van der Waals surface area contributed by atoms with Gasteiger partial charge in [-0.15, -0.1) is 0 Å². The molecule has 0 saturated heterocycles. The van der Waals surface area contributed by atoms with E-state index in [9.17, 15) is 4.79 Å². The van der Waals surface area contributed by atoms with Gasteiger partial charge < -0.3 is 19.1 Å². The third-order valence-electron chi connectivity index (χ3n) is 7.00. The molecule has 184 valence electrons. The Labute approximate surface area is 212 Å². The van der Waals surface area contributed by atoms with Crippen molar-refractivity contribution in [1.82, 2.24) is 4.90 Å². The summed E-state index contributed by atoms with van der Waals surface area (Å²) in [5.74, 6) is 2.13. The van der Waals surface area contributed by atoms with E-state index in [4.69, 9.17) is 14.2 Å². The molecule has 0 saturated carbocycles. The Kier molecular flexibility index (Phi) is 6.81. The van der Waals surface area contributed by atoms with Gasteiger partial charge in [-0.1, -0.05) is 49.4 Å². The van der Waals surface area contributed by atoms with E-state index in [0.29, 0.717) is 30.2 Å². The third-order valence-corrected chi connectivity index (χ3v) is 7.00. The Bertz CT molecular complexity index is 1380. The molecule has 1 aliphatic heterocycles. The van der Waals surface area contributed by atoms with E-state index in [2.05, 4.69) is 25.1 Å². The average molecular weight is 482 g/mol. The largest absolute Gasteiger partial charge is 0.493 e. The normalized spacial score (nSPS) is 14.9. The van der Waals surface area contributed by atoms with Gasteiger partial charge in [0.2, 0.25) is 0 Å². The van der Waals surface area contributed by atoms with E-state index in [-0.39, 0.29) is 11.9 Å². The van der Waals surface area contributed by atoms with E-state index < -0.39 is 0 Å². The number of ether oxygens (including phenoxy) is 3. The maximum atomic E-state index is 13.9. The second kappa shape index (κ2) is 10.3. The van der Waals surface area contributed by atoms with Crippen LogP contribution in [0, 0.1) is 0 Å². The summed E-state index contributed by atoms with van der Waals surface area (Å²) in [4.78, 5) is 15.8. The molecule has 0 radical (unpaired) electrons. The van der Waals surface area contributed by atoms with Gasteiger partial charge in [0, 0.05) is 12.1 Å². The number of nitrogens with zero attached hydrogens (tertiary/aromatic N) is 1. The number of hydrogen-bond donors (Lipinski definition) is 0. The number of benzene rings is 4. The van der Waals surface area contributed by atoms with Crippen molar-refractivity contribution in [2.24, 2.45) is 0 Å². The first kappa shape index (κ1) is 23.7. The molecule has 36 heavy (non-hydrogen) atoms. The van der Waals surface area contributed by atoms with Gasteiger partial charge in [0.15, 0.2) is 11.5 Å². The summed E-state index contributed by atoms with van der Waals surface area (Å²) in [6.45, 7) is 3.07. The van der Waals surface area contributed by atoms with Crippen molar-refractivity contribution in [1.29, 1.82) is 0 Å². The average Bonchev–Trinajstić information content (AvgIpc) is 2.94. The topological polar surface area (TPSA) is 48.0 Å². The summed E-state index contributed by atoms with van der Waals surface area (Å²) < 4.78 is 17.4. The summed E-state index contributed by atoms with van der Waals surface area (Å²) in [6, 6.07) is 25.9. The van der Waals surface area contributed by atoms with Crippen LogP contribution in [0.2, 0.25) is 0 Å². The Morgan fingerprint density at radius 3 is 2.33 bits per heavy atom. The second-order valence-corrected chi connectivity index (χ2v) is 9.04. The van der Waals surface area contributed by atoms with Gasteiger partial charge >= 0.3 is 0 Å². The molecule has 4 aromatic carbocycles. The Morgan fingerprint density at radius 1 is 0.889 bits per heavy atom. The fourth-order valence-electron chi connectivity index (χ4n) is 4.94. The molecule has 0 aromatic heterocycles. The molecule has 5 nitrogen and oxygen atoms in total. The van der Waals surface area contributed by atoms with Crippen LogP contribution in [0.4, 0.5) is 0 Å². The number of carbonyl (C=O) groups excluding carboxylic acids is 1. The fourth-order valence-corrected chi connectivity index (χ4v) is 4.94. The highest BCUT2D eigenvalue weighted by atomic mass is 16.5. The maximum absolute atomic E-state index is 13.9. The number of methoxy groups -OCH3 is 2. The molecular weight excluding hydrogens is 450 g/mol. The third kappa shape index (κ3) is 4.61. The molecule has 0 bridgehead atoms. The molecule has 5 rings (SSSR count). The van der Waals surface area contributed by atoms with Crippen LogP contribution >= 0.6 is 0 Å². The van der Waals surface area contributed by atoms with E-state index >= 15 is 0 Å². The van der Waals surface area contributed by atoms with Crippen molar-refractivity contribution in [3.05, 3.63) is 101 Å². The zero-order chi connectivity index (χ0) is 25.1. The van der Waals surface area contributed by atoms with E-state index in [1.54, 1.807) is 14.2 Å². The summed E-state index contributed by atoms with van der Waals surface area (Å²) in [6.07, 6.45) is 1.71. The van der Waals surface area contributed by atoms with Crippen LogP contribution in [0.3, 0.4) is 0 Å². The molecule has 0 spiro atoms. The summed E-state index contributed by atoms with van der Waals surface area (Å²) in [7, 11) is 3.27. The van der Waals surface area contributed by atoms with Gasteiger partial charge in [0.05, 0.1) is 20.3 Å². The second-order valence-electron chi connectivity index (χ2n) is 9.04. The van der Waals surface area contributed by atoms with Crippen molar-refractivity contribution in [3.63, 3.8) is 0 Å². The van der Waals surface area contributed by atoms with E-state index in [0.717, 1.165) is 40.5 Å². The standard InChI is InChI=1S/C31H31NO4/c1-4-21-9-13-26(14-10-21)36-20-28-27-19-30(35-3)29(34-2)18-24(27)15-16-32(28)31(33)25-12-11-22-7-5-6-8-23(22)17-25/h5-14,17-19,28H,4,15-16,20H2,1-3H3. The molecule has 1 heterocycles. The van der Waals surface area contributed by atoms with Crippen LogP contribution in [0.15, 0.2) is 78.9 Å². The number of hydrogen-bond acceptors (Lipinski definition) is 4. The van der Waals surface area contributed by atoms with Gasteiger partial charge in [-0.05, 0) is 76.7 Å². The smallest absolute Gasteiger partial charge is 0.254 e. The fraction of sp³-hybridized carbons (Fsp3) is 0.258. The SMILES string of the molecule is CCc1ccc(OCC2c3cc(OC)c(OC)cc3CCN2C(=O)c2ccc3ccccc3c2)cc1. The number of aryl methyl sites for hydroxylation is 1. The molecule has 1 aliphatic rings. The van der Waals surface area contributed by atoms with Crippen LogP contribution < -0.4 is 14.2 Å². The molecule has 5 heteroatoms.